The smallest absolute Gasteiger partial charge is 0.464 e. The predicted octanol–water partition coefficient (Wildman–Crippen LogP) is 4.82. The highest BCUT2D eigenvalue weighted by Crippen LogP contribution is 2.49. The lowest BCUT2D eigenvalue weighted by atomic mass is 9.95. The number of unbranched alkanes of at least 4 members (excludes halogenated alkanes) is 1. The third kappa shape index (κ3) is 8.56. The highest BCUT2D eigenvalue weighted by Gasteiger charge is 2.74. The summed E-state index contributed by atoms with van der Waals surface area (Å²) in [4.78, 5) is 23.8. The van der Waals surface area contributed by atoms with Crippen LogP contribution in [0.25, 0.3) is 0 Å². The van der Waals surface area contributed by atoms with E-state index in [-0.39, 0.29) is 6.61 Å². The van der Waals surface area contributed by atoms with Crippen LogP contribution in [0.2, 0.25) is 0 Å². The van der Waals surface area contributed by atoms with E-state index in [9.17, 15) is 57.0 Å². The summed E-state index contributed by atoms with van der Waals surface area (Å²) >= 11 is 1.34. The van der Waals surface area contributed by atoms with E-state index in [2.05, 4.69) is 9.47 Å². The number of halogens is 10. The second kappa shape index (κ2) is 12.3. The standard InChI is InChI=1S/C16H20F9IO7S/c1-3-5-6-32-12(28)10(26)7-9(11(27)31-4-2)8-13(17,18)14(19,20)33-15(21,22)16(23,24)34(25,29)30/h9-10H,3-8H2,1-2H3. The number of rotatable bonds is 15. The lowest BCUT2D eigenvalue weighted by Crippen LogP contribution is -2.55. The first-order valence-corrected chi connectivity index (χ1v) is 11.9. The van der Waals surface area contributed by atoms with Crippen molar-refractivity contribution in [3.05, 3.63) is 0 Å². The molecule has 0 saturated heterocycles. The van der Waals surface area contributed by atoms with E-state index in [4.69, 9.17) is 4.74 Å². The molecule has 0 aromatic heterocycles. The molecular weight excluding hydrogens is 634 g/mol. The first-order valence-electron chi connectivity index (χ1n) is 9.29. The van der Waals surface area contributed by atoms with E-state index < -0.39 is 74.8 Å². The molecule has 18 heteroatoms. The molecule has 2 atom stereocenters. The molecule has 0 aliphatic carbocycles. The Kier molecular flexibility index (Phi) is 11.9. The minimum absolute atomic E-state index is 0.0816. The minimum atomic E-state index is -7.57. The summed E-state index contributed by atoms with van der Waals surface area (Å²) in [6.45, 7) is 2.42. The zero-order valence-electron chi connectivity index (χ0n) is 17.4. The Morgan fingerprint density at radius 3 is 1.88 bits per heavy atom. The lowest BCUT2D eigenvalue weighted by Gasteiger charge is -2.32. The highest BCUT2D eigenvalue weighted by molar-refractivity contribution is 14.1. The molecule has 0 saturated carbocycles. The fourth-order valence-electron chi connectivity index (χ4n) is 2.14. The van der Waals surface area contributed by atoms with E-state index in [0.717, 1.165) is 0 Å². The van der Waals surface area contributed by atoms with Gasteiger partial charge in [-0.2, -0.15) is 43.5 Å². The number of alkyl halides is 9. The predicted molar refractivity (Wildman–Crippen MR) is 104 cm³/mol. The normalized spacial score (nSPS) is 15.5. The minimum Gasteiger partial charge on any atom is -0.466 e. The number of ether oxygens (including phenoxy) is 3. The van der Waals surface area contributed by atoms with Crippen LogP contribution in [0, 0.1) is 5.92 Å². The van der Waals surface area contributed by atoms with E-state index in [0.29, 0.717) is 12.8 Å². The van der Waals surface area contributed by atoms with Crippen molar-refractivity contribution in [3.63, 3.8) is 0 Å². The van der Waals surface area contributed by atoms with Gasteiger partial charge in [0.1, 0.15) is 3.92 Å². The van der Waals surface area contributed by atoms with Crippen molar-refractivity contribution in [1.82, 2.24) is 0 Å². The molecule has 202 valence electrons. The van der Waals surface area contributed by atoms with Gasteiger partial charge >= 0.3 is 45.6 Å². The zero-order valence-corrected chi connectivity index (χ0v) is 20.4. The van der Waals surface area contributed by atoms with Crippen molar-refractivity contribution >= 4 is 44.8 Å². The molecule has 0 aromatic rings. The molecule has 0 bridgehead atoms. The molecule has 0 radical (unpaired) electrons. The number of hydrogen-bond donors (Lipinski definition) is 0. The van der Waals surface area contributed by atoms with Crippen LogP contribution < -0.4 is 0 Å². The Morgan fingerprint density at radius 2 is 1.44 bits per heavy atom. The molecule has 0 rings (SSSR count). The number of carbonyl (C=O) groups excluding carboxylic acids is 2. The number of hydrogen-bond acceptors (Lipinski definition) is 7. The van der Waals surface area contributed by atoms with Crippen molar-refractivity contribution in [1.29, 1.82) is 0 Å². The average Bonchev–Trinajstić information content (AvgIpc) is 2.65. The molecule has 7 nitrogen and oxygen atoms in total. The maximum Gasteiger partial charge on any atom is 0.464 e. The van der Waals surface area contributed by atoms with Crippen LogP contribution in [-0.2, 0) is 34.0 Å². The third-order valence-corrected chi connectivity index (χ3v) is 5.81. The fourth-order valence-corrected chi connectivity index (χ4v) is 3.26. The Balaban J connectivity index is 5.79. The van der Waals surface area contributed by atoms with Crippen LogP contribution in [0.4, 0.5) is 39.0 Å². The fraction of sp³-hybridized carbons (Fsp3) is 0.875. The number of esters is 2. The van der Waals surface area contributed by atoms with Gasteiger partial charge in [0.05, 0.1) is 19.1 Å². The van der Waals surface area contributed by atoms with Crippen LogP contribution >= 0.6 is 22.6 Å². The van der Waals surface area contributed by atoms with E-state index >= 15 is 0 Å². The summed E-state index contributed by atoms with van der Waals surface area (Å²) in [5.74, 6) is -10.7. The van der Waals surface area contributed by atoms with Crippen LogP contribution in [0.1, 0.15) is 39.5 Å². The van der Waals surface area contributed by atoms with Gasteiger partial charge in [0.2, 0.25) is 0 Å². The average molecular weight is 654 g/mol. The SMILES string of the molecule is CCCCOC(=O)C(I)CC(CC(F)(F)C(F)(F)OC(F)(F)C(F)(F)S(=O)(=O)F)C(=O)OCC. The topological polar surface area (TPSA) is 96.0 Å². The summed E-state index contributed by atoms with van der Waals surface area (Å²) in [5, 5.41) is -6.95. The molecule has 0 aromatic carbocycles. The van der Waals surface area contributed by atoms with Gasteiger partial charge < -0.3 is 9.47 Å². The molecule has 34 heavy (non-hydrogen) atoms. The monoisotopic (exact) mass is 654 g/mol. The summed E-state index contributed by atoms with van der Waals surface area (Å²) in [6, 6.07) is 0. The third-order valence-electron chi connectivity index (χ3n) is 3.94. The molecule has 0 spiro atoms. The Labute approximate surface area is 202 Å². The summed E-state index contributed by atoms with van der Waals surface area (Å²) in [6.07, 6.45) is -15.7. The second-order valence-electron chi connectivity index (χ2n) is 6.67. The summed E-state index contributed by atoms with van der Waals surface area (Å²) in [5.41, 5.74) is 0. The van der Waals surface area contributed by atoms with Crippen molar-refractivity contribution < 1.29 is 71.2 Å². The molecule has 0 N–H and O–H groups in total. The van der Waals surface area contributed by atoms with Crippen LogP contribution in [0.15, 0.2) is 0 Å². The second-order valence-corrected chi connectivity index (χ2v) is 9.56. The van der Waals surface area contributed by atoms with Crippen molar-refractivity contribution in [2.75, 3.05) is 13.2 Å². The molecule has 0 fully saturated rings. The summed E-state index contributed by atoms with van der Waals surface area (Å²) < 4.78 is 151. The van der Waals surface area contributed by atoms with Gasteiger partial charge in [-0.25, -0.2) is 4.74 Å². The largest absolute Gasteiger partial charge is 0.466 e. The van der Waals surface area contributed by atoms with Gasteiger partial charge in [0.15, 0.2) is 0 Å². The number of carbonyl (C=O) groups is 2. The Hall–Kier alpha value is -1.05. The van der Waals surface area contributed by atoms with Gasteiger partial charge in [0, 0.05) is 6.42 Å². The van der Waals surface area contributed by atoms with Crippen molar-refractivity contribution in [2.45, 2.75) is 66.8 Å². The van der Waals surface area contributed by atoms with Crippen molar-refractivity contribution in [3.8, 4) is 0 Å². The highest BCUT2D eigenvalue weighted by atomic mass is 127. The zero-order chi connectivity index (χ0) is 27.2. The van der Waals surface area contributed by atoms with Crippen LogP contribution in [-0.4, -0.2) is 60.9 Å². The first-order chi connectivity index (χ1) is 15.2. The van der Waals surface area contributed by atoms with Gasteiger partial charge in [-0.3, -0.25) is 9.59 Å². The summed E-state index contributed by atoms with van der Waals surface area (Å²) in [7, 11) is -7.57. The quantitative estimate of drug-likeness (QED) is 0.0624. The van der Waals surface area contributed by atoms with E-state index in [1.165, 1.54) is 29.5 Å². The molecule has 0 heterocycles. The van der Waals surface area contributed by atoms with Crippen LogP contribution in [0.5, 0.6) is 0 Å². The Bertz CT molecular complexity index is 809. The maximum atomic E-state index is 14.1. The molecule has 0 aliphatic heterocycles. The molecule has 0 amide bonds. The molecular formula is C16H20F9IO7S. The lowest BCUT2D eigenvalue weighted by molar-refractivity contribution is -0.457. The molecule has 2 unspecified atom stereocenters. The van der Waals surface area contributed by atoms with Gasteiger partial charge in [-0.05, 0) is 19.8 Å². The van der Waals surface area contributed by atoms with E-state index in [1.807, 2.05) is 0 Å². The first kappa shape index (κ1) is 33.0. The van der Waals surface area contributed by atoms with Crippen LogP contribution in [0.3, 0.4) is 0 Å². The molecule has 0 aliphatic rings. The Morgan fingerprint density at radius 1 is 0.912 bits per heavy atom. The van der Waals surface area contributed by atoms with Gasteiger partial charge in [-0.1, -0.05) is 39.8 Å². The van der Waals surface area contributed by atoms with Gasteiger partial charge in [-0.15, -0.1) is 0 Å². The van der Waals surface area contributed by atoms with Gasteiger partial charge in [0.25, 0.3) is 0 Å². The maximum absolute atomic E-state index is 14.1. The van der Waals surface area contributed by atoms with E-state index in [1.54, 1.807) is 6.92 Å². The van der Waals surface area contributed by atoms with Crippen molar-refractivity contribution in [2.24, 2.45) is 5.92 Å².